The van der Waals surface area contributed by atoms with Crippen LogP contribution in [-0.4, -0.2) is 28.0 Å². The fourth-order valence-corrected chi connectivity index (χ4v) is 2.32. The van der Waals surface area contributed by atoms with Gasteiger partial charge < -0.3 is 9.42 Å². The predicted molar refractivity (Wildman–Crippen MR) is 86.7 cm³/mol. The van der Waals surface area contributed by atoms with Crippen molar-refractivity contribution in [2.75, 3.05) is 7.05 Å². The number of amides is 1. The van der Waals surface area contributed by atoms with Crippen molar-refractivity contribution in [1.82, 2.24) is 15.0 Å². The zero-order chi connectivity index (χ0) is 16.2. The lowest BCUT2D eigenvalue weighted by atomic mass is 10.1. The van der Waals surface area contributed by atoms with Crippen molar-refractivity contribution in [3.05, 3.63) is 71.6 Å². The number of hydrogen-bond acceptors (Lipinski definition) is 4. The van der Waals surface area contributed by atoms with Crippen molar-refractivity contribution in [2.24, 2.45) is 0 Å². The van der Waals surface area contributed by atoms with Crippen LogP contribution in [-0.2, 0) is 6.54 Å². The molecule has 0 spiro atoms. The highest BCUT2D eigenvalue weighted by Gasteiger charge is 2.17. The topological polar surface area (TPSA) is 59.2 Å². The Kier molecular flexibility index (Phi) is 4.19. The van der Waals surface area contributed by atoms with Crippen LogP contribution in [0.1, 0.15) is 21.8 Å². The standard InChI is InChI=1S/C18H17N3O2/c1-13-8-6-7-11-15(13)18(22)21(2)12-16-19-17(20-23-16)14-9-4-3-5-10-14/h3-11H,12H2,1-2H3. The molecule has 0 N–H and O–H groups in total. The van der Waals surface area contributed by atoms with Gasteiger partial charge in [-0.15, -0.1) is 0 Å². The Morgan fingerprint density at radius 2 is 1.78 bits per heavy atom. The van der Waals surface area contributed by atoms with Crippen LogP contribution < -0.4 is 0 Å². The molecule has 0 fully saturated rings. The lowest BCUT2D eigenvalue weighted by Crippen LogP contribution is -2.27. The molecule has 1 aromatic heterocycles. The van der Waals surface area contributed by atoms with Crippen LogP contribution in [0.25, 0.3) is 11.4 Å². The quantitative estimate of drug-likeness (QED) is 0.742. The zero-order valence-electron chi connectivity index (χ0n) is 13.1. The van der Waals surface area contributed by atoms with Crippen molar-refractivity contribution in [1.29, 1.82) is 0 Å². The molecule has 5 nitrogen and oxygen atoms in total. The van der Waals surface area contributed by atoms with Gasteiger partial charge in [-0.2, -0.15) is 4.98 Å². The summed E-state index contributed by atoms with van der Waals surface area (Å²) in [6.07, 6.45) is 0. The molecule has 0 bridgehead atoms. The number of rotatable bonds is 4. The van der Waals surface area contributed by atoms with Gasteiger partial charge in [0.05, 0.1) is 6.54 Å². The maximum atomic E-state index is 12.5. The number of benzene rings is 2. The molecule has 1 heterocycles. The van der Waals surface area contributed by atoms with Crippen LogP contribution in [0.4, 0.5) is 0 Å². The molecule has 1 amide bonds. The van der Waals surface area contributed by atoms with Gasteiger partial charge in [-0.1, -0.05) is 53.7 Å². The van der Waals surface area contributed by atoms with Gasteiger partial charge in [0, 0.05) is 18.2 Å². The van der Waals surface area contributed by atoms with E-state index in [2.05, 4.69) is 10.1 Å². The number of carbonyl (C=O) groups is 1. The number of aromatic nitrogens is 2. The number of hydrogen-bond donors (Lipinski definition) is 0. The van der Waals surface area contributed by atoms with Gasteiger partial charge in [0.1, 0.15) is 0 Å². The van der Waals surface area contributed by atoms with E-state index in [0.717, 1.165) is 11.1 Å². The summed E-state index contributed by atoms with van der Waals surface area (Å²) < 4.78 is 5.25. The lowest BCUT2D eigenvalue weighted by molar-refractivity contribution is 0.0769. The molecule has 0 radical (unpaired) electrons. The van der Waals surface area contributed by atoms with E-state index < -0.39 is 0 Å². The highest BCUT2D eigenvalue weighted by Crippen LogP contribution is 2.16. The second-order valence-electron chi connectivity index (χ2n) is 5.35. The molecule has 0 aliphatic rings. The van der Waals surface area contributed by atoms with Crippen molar-refractivity contribution < 1.29 is 9.32 Å². The second-order valence-corrected chi connectivity index (χ2v) is 5.35. The smallest absolute Gasteiger partial charge is 0.254 e. The first-order valence-corrected chi connectivity index (χ1v) is 7.34. The summed E-state index contributed by atoms with van der Waals surface area (Å²) in [5, 5.41) is 3.97. The number of aryl methyl sites for hydroxylation is 1. The van der Waals surface area contributed by atoms with Crippen molar-refractivity contribution >= 4 is 5.91 Å². The fraction of sp³-hybridized carbons (Fsp3) is 0.167. The lowest BCUT2D eigenvalue weighted by Gasteiger charge is -2.16. The second kappa shape index (κ2) is 6.44. The molecule has 0 aliphatic heterocycles. The summed E-state index contributed by atoms with van der Waals surface area (Å²) in [5.41, 5.74) is 2.51. The normalized spacial score (nSPS) is 10.5. The van der Waals surface area contributed by atoms with Crippen LogP contribution in [0.5, 0.6) is 0 Å². The molecule has 3 aromatic rings. The first-order valence-electron chi connectivity index (χ1n) is 7.34. The van der Waals surface area contributed by atoms with Crippen molar-refractivity contribution in [2.45, 2.75) is 13.5 Å². The van der Waals surface area contributed by atoms with E-state index in [9.17, 15) is 4.79 Å². The van der Waals surface area contributed by atoms with Gasteiger partial charge in [-0.25, -0.2) is 0 Å². The Morgan fingerprint density at radius 1 is 1.09 bits per heavy atom. The van der Waals surface area contributed by atoms with Gasteiger partial charge in [-0.3, -0.25) is 4.79 Å². The van der Waals surface area contributed by atoms with Gasteiger partial charge in [0.15, 0.2) is 0 Å². The minimum Gasteiger partial charge on any atom is -0.337 e. The highest BCUT2D eigenvalue weighted by atomic mass is 16.5. The Balaban J connectivity index is 1.74. The van der Waals surface area contributed by atoms with E-state index in [4.69, 9.17) is 4.52 Å². The summed E-state index contributed by atoms with van der Waals surface area (Å²) in [4.78, 5) is 18.4. The van der Waals surface area contributed by atoms with Crippen LogP contribution in [0.3, 0.4) is 0 Å². The number of carbonyl (C=O) groups excluding carboxylic acids is 1. The van der Waals surface area contributed by atoms with Gasteiger partial charge in [-0.05, 0) is 18.6 Å². The highest BCUT2D eigenvalue weighted by molar-refractivity contribution is 5.95. The van der Waals surface area contributed by atoms with E-state index >= 15 is 0 Å². The van der Waals surface area contributed by atoms with E-state index in [1.54, 1.807) is 11.9 Å². The van der Waals surface area contributed by atoms with Crippen LogP contribution >= 0.6 is 0 Å². The van der Waals surface area contributed by atoms with Crippen molar-refractivity contribution in [3.8, 4) is 11.4 Å². The predicted octanol–water partition coefficient (Wildman–Crippen LogP) is 3.32. The summed E-state index contributed by atoms with van der Waals surface area (Å²) in [6.45, 7) is 2.19. The van der Waals surface area contributed by atoms with E-state index in [1.807, 2.05) is 61.5 Å². The maximum Gasteiger partial charge on any atom is 0.254 e. The van der Waals surface area contributed by atoms with E-state index in [1.165, 1.54) is 0 Å². The average Bonchev–Trinajstić information content (AvgIpc) is 3.04. The molecule has 0 atom stereocenters. The molecular weight excluding hydrogens is 290 g/mol. The van der Waals surface area contributed by atoms with Gasteiger partial charge in [0.2, 0.25) is 11.7 Å². The van der Waals surface area contributed by atoms with Gasteiger partial charge in [0.25, 0.3) is 5.91 Å². The molecule has 3 rings (SSSR count). The zero-order valence-corrected chi connectivity index (χ0v) is 13.1. The minimum absolute atomic E-state index is 0.0671. The molecule has 0 saturated carbocycles. The molecule has 5 heteroatoms. The van der Waals surface area contributed by atoms with Crippen LogP contribution in [0, 0.1) is 6.92 Å². The maximum absolute atomic E-state index is 12.5. The summed E-state index contributed by atoms with van der Waals surface area (Å²) in [7, 11) is 1.72. The van der Waals surface area contributed by atoms with Crippen molar-refractivity contribution in [3.63, 3.8) is 0 Å². The molecular formula is C18H17N3O2. The summed E-state index contributed by atoms with van der Waals surface area (Å²) in [5.74, 6) is 0.869. The van der Waals surface area contributed by atoms with Crippen LogP contribution in [0.15, 0.2) is 59.1 Å². The largest absolute Gasteiger partial charge is 0.337 e. The molecule has 2 aromatic carbocycles. The Morgan fingerprint density at radius 3 is 2.52 bits per heavy atom. The Hall–Kier alpha value is -2.95. The van der Waals surface area contributed by atoms with E-state index in [0.29, 0.717) is 17.3 Å². The van der Waals surface area contributed by atoms with Gasteiger partial charge >= 0.3 is 0 Å². The van der Waals surface area contributed by atoms with Crippen LogP contribution in [0.2, 0.25) is 0 Å². The third-order valence-electron chi connectivity index (χ3n) is 3.59. The third kappa shape index (κ3) is 3.29. The average molecular weight is 307 g/mol. The third-order valence-corrected chi connectivity index (χ3v) is 3.59. The molecule has 116 valence electrons. The Labute approximate surface area is 134 Å². The molecule has 0 saturated heterocycles. The first-order chi connectivity index (χ1) is 11.1. The monoisotopic (exact) mass is 307 g/mol. The molecule has 0 unspecified atom stereocenters. The SMILES string of the molecule is Cc1ccccc1C(=O)N(C)Cc1nc(-c2ccccc2)no1. The fourth-order valence-electron chi connectivity index (χ4n) is 2.32. The summed E-state index contributed by atoms with van der Waals surface area (Å²) >= 11 is 0. The number of nitrogens with zero attached hydrogens (tertiary/aromatic N) is 3. The minimum atomic E-state index is -0.0671. The first kappa shape index (κ1) is 15.0. The summed E-state index contributed by atoms with van der Waals surface area (Å²) in [6, 6.07) is 17.1. The molecule has 23 heavy (non-hydrogen) atoms. The molecule has 0 aliphatic carbocycles. The Bertz CT molecular complexity index is 812. The van der Waals surface area contributed by atoms with E-state index in [-0.39, 0.29) is 12.5 Å².